The van der Waals surface area contributed by atoms with E-state index in [1.807, 2.05) is 24.3 Å². The molecule has 1 atom stereocenters. The number of benzene rings is 2. The van der Waals surface area contributed by atoms with Gasteiger partial charge in [0.15, 0.2) is 0 Å². The number of allylic oxidation sites excluding steroid dienone is 1. The van der Waals surface area contributed by atoms with Gasteiger partial charge in [0, 0.05) is 12.5 Å². The molecule has 7 nitrogen and oxygen atoms in total. The van der Waals surface area contributed by atoms with E-state index in [9.17, 15) is 19.5 Å². The molecule has 0 heterocycles. The number of carboxylic acid groups (broad SMARTS) is 1. The van der Waals surface area contributed by atoms with Gasteiger partial charge in [-0.05, 0) is 47.9 Å². The molecule has 0 saturated heterocycles. The maximum atomic E-state index is 12.7. The first-order valence-corrected chi connectivity index (χ1v) is 11.2. The second-order valence-corrected chi connectivity index (χ2v) is 8.69. The molecular formula is C26H28N2O5. The van der Waals surface area contributed by atoms with Crippen LogP contribution in [0.15, 0.2) is 61.2 Å². The quantitative estimate of drug-likeness (QED) is 0.479. The normalized spacial score (nSPS) is 16.1. The molecule has 0 radical (unpaired) electrons. The van der Waals surface area contributed by atoms with Gasteiger partial charge in [0.2, 0.25) is 5.91 Å². The lowest BCUT2D eigenvalue weighted by Gasteiger charge is -2.20. The van der Waals surface area contributed by atoms with Gasteiger partial charge in [-0.2, -0.15) is 0 Å². The first-order chi connectivity index (χ1) is 15.9. The van der Waals surface area contributed by atoms with Gasteiger partial charge in [-0.25, -0.2) is 9.59 Å². The highest BCUT2D eigenvalue weighted by molar-refractivity contribution is 5.90. The van der Waals surface area contributed by atoms with Crippen molar-refractivity contribution in [2.24, 2.45) is 5.41 Å². The molecular weight excluding hydrogens is 420 g/mol. The van der Waals surface area contributed by atoms with Crippen LogP contribution in [0.1, 0.15) is 42.7 Å². The molecule has 2 aliphatic rings. The molecule has 2 aromatic rings. The molecule has 33 heavy (non-hydrogen) atoms. The van der Waals surface area contributed by atoms with E-state index in [0.29, 0.717) is 19.3 Å². The third kappa shape index (κ3) is 4.77. The van der Waals surface area contributed by atoms with Crippen molar-refractivity contribution in [2.45, 2.75) is 37.6 Å². The molecule has 0 spiro atoms. The fraction of sp³-hybridized carbons (Fsp3) is 0.346. The summed E-state index contributed by atoms with van der Waals surface area (Å²) in [5.41, 5.74) is 3.79. The number of hydrogen-bond donors (Lipinski definition) is 3. The van der Waals surface area contributed by atoms with Crippen molar-refractivity contribution in [1.29, 1.82) is 0 Å². The highest BCUT2D eigenvalue weighted by atomic mass is 16.5. The molecule has 2 aromatic carbocycles. The number of carboxylic acids is 1. The van der Waals surface area contributed by atoms with E-state index in [1.54, 1.807) is 6.08 Å². The van der Waals surface area contributed by atoms with Gasteiger partial charge in [0.25, 0.3) is 0 Å². The Labute approximate surface area is 192 Å². The van der Waals surface area contributed by atoms with E-state index in [-0.39, 0.29) is 31.4 Å². The van der Waals surface area contributed by atoms with Crippen LogP contribution < -0.4 is 10.6 Å². The Balaban J connectivity index is 1.32. The highest BCUT2D eigenvalue weighted by Crippen LogP contribution is 2.46. The zero-order chi connectivity index (χ0) is 23.4. The summed E-state index contributed by atoms with van der Waals surface area (Å²) in [6.07, 6.45) is 2.99. The van der Waals surface area contributed by atoms with Gasteiger partial charge in [0.05, 0.1) is 5.41 Å². The molecule has 1 saturated carbocycles. The van der Waals surface area contributed by atoms with Gasteiger partial charge >= 0.3 is 12.1 Å². The molecule has 7 heteroatoms. The first kappa shape index (κ1) is 22.6. The predicted molar refractivity (Wildman–Crippen MR) is 124 cm³/mol. The molecule has 4 rings (SSSR count). The number of nitrogens with one attached hydrogen (secondary N) is 2. The van der Waals surface area contributed by atoms with E-state index in [4.69, 9.17) is 4.74 Å². The van der Waals surface area contributed by atoms with Gasteiger partial charge in [-0.3, -0.25) is 4.79 Å². The Morgan fingerprint density at radius 3 is 2.24 bits per heavy atom. The number of hydrogen-bond acceptors (Lipinski definition) is 4. The van der Waals surface area contributed by atoms with Crippen LogP contribution >= 0.6 is 0 Å². The lowest BCUT2D eigenvalue weighted by molar-refractivity contribution is -0.142. The first-order valence-electron chi connectivity index (χ1n) is 11.2. The minimum absolute atomic E-state index is 0.0393. The Hall–Kier alpha value is -3.61. The van der Waals surface area contributed by atoms with Crippen molar-refractivity contribution in [3.63, 3.8) is 0 Å². The number of carbonyl (C=O) groups excluding carboxylic acids is 2. The van der Waals surface area contributed by atoms with Crippen LogP contribution in [0.4, 0.5) is 4.79 Å². The summed E-state index contributed by atoms with van der Waals surface area (Å²) < 4.78 is 5.53. The zero-order valence-electron chi connectivity index (χ0n) is 18.4. The van der Waals surface area contributed by atoms with E-state index in [0.717, 1.165) is 22.3 Å². The van der Waals surface area contributed by atoms with Crippen LogP contribution in [0.2, 0.25) is 0 Å². The van der Waals surface area contributed by atoms with Crippen molar-refractivity contribution in [1.82, 2.24) is 10.6 Å². The summed E-state index contributed by atoms with van der Waals surface area (Å²) in [5, 5.41) is 14.6. The summed E-state index contributed by atoms with van der Waals surface area (Å²) >= 11 is 0. The van der Waals surface area contributed by atoms with Crippen molar-refractivity contribution < 1.29 is 24.2 Å². The Bertz CT molecular complexity index is 1030. The summed E-state index contributed by atoms with van der Waals surface area (Å²) in [7, 11) is 0. The van der Waals surface area contributed by atoms with E-state index in [1.165, 1.54) is 0 Å². The standard InChI is InChI=1S/C26H28N2O5/c1-2-3-12-22(23(29)30)28-24(31)26(13-14-26)16-27-25(32)33-15-21-19-10-6-4-8-17(19)18-9-5-7-11-20(18)21/h2,4-11,21-22H,1,3,12-16H2,(H,27,32)(H,28,31)(H,29,30). The summed E-state index contributed by atoms with van der Waals surface area (Å²) in [4.78, 5) is 36.5. The van der Waals surface area contributed by atoms with Crippen LogP contribution in [0.25, 0.3) is 11.1 Å². The molecule has 0 bridgehead atoms. The molecule has 1 unspecified atom stereocenters. The SMILES string of the molecule is C=CCCC(NC(=O)C1(CNC(=O)OCC2c3ccccc3-c3ccccc32)CC1)C(=O)O. The fourth-order valence-electron chi connectivity index (χ4n) is 4.38. The maximum absolute atomic E-state index is 12.7. The van der Waals surface area contributed by atoms with E-state index >= 15 is 0 Å². The minimum atomic E-state index is -1.08. The average Bonchev–Trinajstić information content (AvgIpc) is 3.55. The molecule has 2 aliphatic carbocycles. The number of carbonyl (C=O) groups is 3. The number of aliphatic carboxylic acids is 1. The number of amides is 2. The van der Waals surface area contributed by atoms with Gasteiger partial charge in [-0.15, -0.1) is 6.58 Å². The van der Waals surface area contributed by atoms with E-state index < -0.39 is 23.5 Å². The maximum Gasteiger partial charge on any atom is 0.407 e. The lowest BCUT2D eigenvalue weighted by atomic mass is 9.98. The van der Waals surface area contributed by atoms with Crippen LogP contribution in [-0.2, 0) is 14.3 Å². The van der Waals surface area contributed by atoms with Crippen LogP contribution in [0, 0.1) is 5.41 Å². The Morgan fingerprint density at radius 2 is 1.70 bits per heavy atom. The molecule has 172 valence electrons. The number of ether oxygens (including phenoxy) is 1. The molecule has 3 N–H and O–H groups in total. The van der Waals surface area contributed by atoms with Crippen LogP contribution in [0.5, 0.6) is 0 Å². The molecule has 0 aliphatic heterocycles. The van der Waals surface area contributed by atoms with Gasteiger partial charge < -0.3 is 20.5 Å². The summed E-state index contributed by atoms with van der Waals surface area (Å²) in [6.45, 7) is 3.90. The number of rotatable bonds is 10. The third-order valence-corrected chi connectivity index (χ3v) is 6.51. The smallest absolute Gasteiger partial charge is 0.407 e. The van der Waals surface area contributed by atoms with Crippen LogP contribution in [0.3, 0.4) is 0 Å². The molecule has 1 fully saturated rings. The Kier molecular flexibility index (Phi) is 6.49. The van der Waals surface area contributed by atoms with E-state index in [2.05, 4.69) is 41.5 Å². The largest absolute Gasteiger partial charge is 0.480 e. The van der Waals surface area contributed by atoms with Crippen molar-refractivity contribution in [2.75, 3.05) is 13.2 Å². The second-order valence-electron chi connectivity index (χ2n) is 8.69. The fourth-order valence-corrected chi connectivity index (χ4v) is 4.38. The van der Waals surface area contributed by atoms with Crippen molar-refractivity contribution in [3.05, 3.63) is 72.3 Å². The second kappa shape index (κ2) is 9.48. The molecule has 2 amide bonds. The lowest BCUT2D eigenvalue weighted by Crippen LogP contribution is -2.47. The Morgan fingerprint density at radius 1 is 1.09 bits per heavy atom. The number of fused-ring (bicyclic) bond motifs is 3. The molecule has 0 aromatic heterocycles. The highest BCUT2D eigenvalue weighted by Gasteiger charge is 2.50. The monoisotopic (exact) mass is 448 g/mol. The van der Waals surface area contributed by atoms with Gasteiger partial charge in [-0.1, -0.05) is 54.6 Å². The zero-order valence-corrected chi connectivity index (χ0v) is 18.4. The third-order valence-electron chi connectivity index (χ3n) is 6.51. The number of alkyl carbamates (subject to hydrolysis) is 1. The summed E-state index contributed by atoms with van der Waals surface area (Å²) in [6, 6.07) is 15.2. The van der Waals surface area contributed by atoms with Crippen molar-refractivity contribution >= 4 is 18.0 Å². The van der Waals surface area contributed by atoms with Gasteiger partial charge in [0.1, 0.15) is 12.6 Å². The van der Waals surface area contributed by atoms with Crippen molar-refractivity contribution in [3.8, 4) is 11.1 Å². The summed E-state index contributed by atoms with van der Waals surface area (Å²) in [5.74, 6) is -1.47. The van der Waals surface area contributed by atoms with Crippen LogP contribution in [-0.4, -0.2) is 42.3 Å². The topological polar surface area (TPSA) is 105 Å². The average molecular weight is 449 g/mol. The predicted octanol–water partition coefficient (Wildman–Crippen LogP) is 3.84. The minimum Gasteiger partial charge on any atom is -0.480 e.